The number of tetrazole rings is 1. The Morgan fingerprint density at radius 3 is 2.50 bits per heavy atom. The van der Waals surface area contributed by atoms with Gasteiger partial charge in [0.15, 0.2) is 5.82 Å². The van der Waals surface area contributed by atoms with Gasteiger partial charge in [0.25, 0.3) is 0 Å². The molecule has 0 saturated carbocycles. The van der Waals surface area contributed by atoms with E-state index in [1.165, 1.54) is 10.7 Å². The fourth-order valence-corrected chi connectivity index (χ4v) is 3.14. The maximum atomic E-state index is 11.5. The molecule has 6 nitrogen and oxygen atoms in total. The number of hydrogen-bond donors (Lipinski definition) is 1. The summed E-state index contributed by atoms with van der Waals surface area (Å²) >= 11 is 6.66. The third kappa shape index (κ3) is 2.76. The number of halogens is 2. The molecule has 8 heteroatoms. The summed E-state index contributed by atoms with van der Waals surface area (Å²) in [6.07, 6.45) is 0. The number of aromatic nitrogens is 4. The van der Waals surface area contributed by atoms with Gasteiger partial charge in [-0.25, -0.2) is 4.79 Å². The molecule has 0 aliphatic rings. The van der Waals surface area contributed by atoms with Crippen LogP contribution in [0.2, 0.25) is 0 Å². The number of hydrogen-bond acceptors (Lipinski definition) is 4. The Morgan fingerprint density at radius 1 is 1.30 bits per heavy atom. The summed E-state index contributed by atoms with van der Waals surface area (Å²) in [4.78, 5) is 11.5. The van der Waals surface area contributed by atoms with Gasteiger partial charge in [0.1, 0.15) is 0 Å². The van der Waals surface area contributed by atoms with Crippen LogP contribution in [0.3, 0.4) is 0 Å². The summed E-state index contributed by atoms with van der Waals surface area (Å²) in [6, 6.07) is 3.28. The Hall–Kier alpha value is -1.28. The summed E-state index contributed by atoms with van der Waals surface area (Å²) in [5, 5.41) is 21.0. The molecule has 0 bridgehead atoms. The summed E-state index contributed by atoms with van der Waals surface area (Å²) in [6.45, 7) is 5.88. The molecule has 106 valence electrons. The van der Waals surface area contributed by atoms with Crippen molar-refractivity contribution in [3.63, 3.8) is 0 Å². The number of nitrogens with zero attached hydrogens (tertiary/aromatic N) is 4. The van der Waals surface area contributed by atoms with Crippen LogP contribution in [0.15, 0.2) is 21.1 Å². The van der Waals surface area contributed by atoms with Gasteiger partial charge in [-0.1, -0.05) is 36.7 Å². The van der Waals surface area contributed by atoms with E-state index >= 15 is 0 Å². The first kappa shape index (κ1) is 15.1. The van der Waals surface area contributed by atoms with Crippen molar-refractivity contribution < 1.29 is 9.90 Å². The fraction of sp³-hybridized carbons (Fsp3) is 0.333. The van der Waals surface area contributed by atoms with E-state index in [4.69, 9.17) is 0 Å². The van der Waals surface area contributed by atoms with E-state index < -0.39 is 5.97 Å². The zero-order valence-corrected chi connectivity index (χ0v) is 14.2. The molecule has 0 aliphatic heterocycles. The summed E-state index contributed by atoms with van der Waals surface area (Å²) in [5.74, 6) is -0.458. The second kappa shape index (κ2) is 5.25. The molecule has 2 aromatic rings. The van der Waals surface area contributed by atoms with E-state index in [0.717, 1.165) is 0 Å². The van der Waals surface area contributed by atoms with Crippen molar-refractivity contribution in [2.75, 3.05) is 0 Å². The van der Waals surface area contributed by atoms with Gasteiger partial charge in [-0.2, -0.15) is 4.68 Å². The van der Waals surface area contributed by atoms with Gasteiger partial charge in [0.05, 0.1) is 11.3 Å². The lowest BCUT2D eigenvalue weighted by Crippen LogP contribution is -2.20. The lowest BCUT2D eigenvalue weighted by atomic mass is 9.95. The predicted octanol–water partition coefficient (Wildman–Crippen LogP) is 3.18. The highest BCUT2D eigenvalue weighted by Crippen LogP contribution is 2.31. The lowest BCUT2D eigenvalue weighted by molar-refractivity contribution is 0.0696. The number of aromatic carboxylic acids is 1. The summed E-state index contributed by atoms with van der Waals surface area (Å²) in [7, 11) is 0. The Labute approximate surface area is 132 Å². The molecule has 0 aliphatic carbocycles. The Morgan fingerprint density at radius 2 is 1.95 bits per heavy atom. The highest BCUT2D eigenvalue weighted by atomic mass is 79.9. The van der Waals surface area contributed by atoms with Crippen LogP contribution in [0.5, 0.6) is 0 Å². The van der Waals surface area contributed by atoms with Gasteiger partial charge in [0, 0.05) is 14.4 Å². The number of carboxylic acids is 1. The molecular formula is C12H12Br2N4O2. The standard InChI is InChI=1S/C12H12Br2N4O2/c1-12(2,3)11-15-16-17-18(11)9-7(10(19)20)4-6(13)5-8(9)14/h4-5H,1-3H3,(H,19,20). The van der Waals surface area contributed by atoms with Crippen LogP contribution in [-0.4, -0.2) is 31.3 Å². The largest absolute Gasteiger partial charge is 0.478 e. The molecule has 1 N–H and O–H groups in total. The Kier molecular flexibility index (Phi) is 3.97. The summed E-state index contributed by atoms with van der Waals surface area (Å²) < 4.78 is 2.72. The van der Waals surface area contributed by atoms with Crippen molar-refractivity contribution in [3.05, 3.63) is 32.5 Å². The number of benzene rings is 1. The first-order valence-corrected chi connectivity index (χ1v) is 7.32. The van der Waals surface area contributed by atoms with E-state index in [0.29, 0.717) is 20.5 Å². The average molecular weight is 404 g/mol. The van der Waals surface area contributed by atoms with Gasteiger partial charge in [0.2, 0.25) is 0 Å². The van der Waals surface area contributed by atoms with Gasteiger partial charge < -0.3 is 5.11 Å². The molecule has 0 atom stereocenters. The minimum Gasteiger partial charge on any atom is -0.478 e. The number of rotatable bonds is 2. The molecule has 2 rings (SSSR count). The predicted molar refractivity (Wildman–Crippen MR) is 80.2 cm³/mol. The normalized spacial score (nSPS) is 11.7. The maximum Gasteiger partial charge on any atom is 0.337 e. The van der Waals surface area contributed by atoms with Crippen LogP contribution < -0.4 is 0 Å². The van der Waals surface area contributed by atoms with E-state index in [1.54, 1.807) is 6.07 Å². The SMILES string of the molecule is CC(C)(C)c1nnnn1-c1c(Br)cc(Br)cc1C(=O)O. The zero-order chi connectivity index (χ0) is 15.1. The molecule has 1 heterocycles. The maximum absolute atomic E-state index is 11.5. The topological polar surface area (TPSA) is 80.9 Å². The quantitative estimate of drug-likeness (QED) is 0.832. The van der Waals surface area contributed by atoms with Crippen LogP contribution in [-0.2, 0) is 5.41 Å². The van der Waals surface area contributed by atoms with E-state index in [-0.39, 0.29) is 11.0 Å². The molecule has 20 heavy (non-hydrogen) atoms. The molecule has 0 amide bonds. The fourth-order valence-electron chi connectivity index (χ4n) is 1.75. The average Bonchev–Trinajstić information content (AvgIpc) is 2.76. The highest BCUT2D eigenvalue weighted by Gasteiger charge is 2.26. The minimum atomic E-state index is -1.04. The van der Waals surface area contributed by atoms with Crippen LogP contribution in [0.1, 0.15) is 37.0 Å². The third-order valence-electron chi connectivity index (χ3n) is 2.61. The molecule has 0 radical (unpaired) electrons. The Balaban J connectivity index is 2.77. The van der Waals surface area contributed by atoms with Crippen molar-refractivity contribution in [1.82, 2.24) is 20.2 Å². The smallest absolute Gasteiger partial charge is 0.337 e. The number of carbonyl (C=O) groups is 1. The van der Waals surface area contributed by atoms with Gasteiger partial charge in [-0.05, 0) is 38.5 Å². The van der Waals surface area contributed by atoms with Crippen LogP contribution >= 0.6 is 31.9 Å². The second-order valence-electron chi connectivity index (χ2n) is 5.25. The van der Waals surface area contributed by atoms with Crippen molar-refractivity contribution in [2.24, 2.45) is 0 Å². The molecule has 1 aromatic carbocycles. The van der Waals surface area contributed by atoms with E-state index in [1.807, 2.05) is 20.8 Å². The van der Waals surface area contributed by atoms with Crippen LogP contribution in [0.4, 0.5) is 0 Å². The monoisotopic (exact) mass is 402 g/mol. The molecule has 0 spiro atoms. The van der Waals surface area contributed by atoms with E-state index in [9.17, 15) is 9.90 Å². The van der Waals surface area contributed by atoms with Gasteiger partial charge in [-0.15, -0.1) is 5.10 Å². The van der Waals surface area contributed by atoms with Crippen molar-refractivity contribution in [3.8, 4) is 5.69 Å². The van der Waals surface area contributed by atoms with Crippen molar-refractivity contribution in [2.45, 2.75) is 26.2 Å². The molecular weight excluding hydrogens is 392 g/mol. The molecule has 0 saturated heterocycles. The first-order chi connectivity index (χ1) is 9.21. The molecule has 1 aromatic heterocycles. The third-order valence-corrected chi connectivity index (χ3v) is 3.67. The molecule has 0 fully saturated rings. The van der Waals surface area contributed by atoms with Gasteiger partial charge in [-0.3, -0.25) is 0 Å². The first-order valence-electron chi connectivity index (χ1n) is 5.73. The highest BCUT2D eigenvalue weighted by molar-refractivity contribution is 9.11. The van der Waals surface area contributed by atoms with Crippen LogP contribution in [0.25, 0.3) is 5.69 Å². The summed E-state index contributed by atoms with van der Waals surface area (Å²) in [5.41, 5.74) is 0.214. The lowest BCUT2D eigenvalue weighted by Gasteiger charge is -2.18. The second-order valence-corrected chi connectivity index (χ2v) is 7.02. The van der Waals surface area contributed by atoms with Gasteiger partial charge >= 0.3 is 5.97 Å². The Bertz CT molecular complexity index is 677. The van der Waals surface area contributed by atoms with Crippen LogP contribution in [0, 0.1) is 0 Å². The minimum absolute atomic E-state index is 0.115. The van der Waals surface area contributed by atoms with E-state index in [2.05, 4.69) is 47.4 Å². The van der Waals surface area contributed by atoms with Crippen molar-refractivity contribution in [1.29, 1.82) is 0 Å². The number of carboxylic acid groups (broad SMARTS) is 1. The molecule has 0 unspecified atom stereocenters. The zero-order valence-electron chi connectivity index (χ0n) is 11.1. The van der Waals surface area contributed by atoms with Crippen molar-refractivity contribution >= 4 is 37.8 Å².